The van der Waals surface area contributed by atoms with Gasteiger partial charge in [0.25, 0.3) is 0 Å². The molecule has 100 valence electrons. The van der Waals surface area contributed by atoms with E-state index in [1.807, 2.05) is 6.07 Å². The van der Waals surface area contributed by atoms with Crippen LogP contribution in [0.2, 0.25) is 0 Å². The highest BCUT2D eigenvalue weighted by Crippen LogP contribution is 2.13. The van der Waals surface area contributed by atoms with Crippen molar-refractivity contribution in [1.29, 1.82) is 0 Å². The van der Waals surface area contributed by atoms with Crippen LogP contribution in [0, 0.1) is 0 Å². The van der Waals surface area contributed by atoms with Gasteiger partial charge in [0, 0.05) is 26.2 Å². The summed E-state index contributed by atoms with van der Waals surface area (Å²) in [5.74, 6) is 0.728. The molecule has 0 amide bonds. The number of furan rings is 1. The number of nitrogens with zero attached hydrogens (tertiary/aromatic N) is 2. The van der Waals surface area contributed by atoms with E-state index in [-0.39, 0.29) is 5.97 Å². The number of hydrogen-bond acceptors (Lipinski definition) is 5. The third-order valence-corrected chi connectivity index (χ3v) is 3.11. The molecule has 0 saturated carbocycles. The number of esters is 1. The van der Waals surface area contributed by atoms with Crippen LogP contribution in [-0.2, 0) is 11.3 Å². The van der Waals surface area contributed by atoms with Gasteiger partial charge >= 0.3 is 5.97 Å². The predicted molar refractivity (Wildman–Crippen MR) is 67.4 cm³/mol. The summed E-state index contributed by atoms with van der Waals surface area (Å²) < 4.78 is 10.4. The zero-order valence-corrected chi connectivity index (χ0v) is 11.0. The summed E-state index contributed by atoms with van der Waals surface area (Å²) in [6.45, 7) is 7.13. The summed E-state index contributed by atoms with van der Waals surface area (Å²) >= 11 is 0. The quantitative estimate of drug-likeness (QED) is 0.754. The first-order valence-electron chi connectivity index (χ1n) is 6.35. The summed E-state index contributed by atoms with van der Waals surface area (Å²) in [4.78, 5) is 16.1. The smallest absolute Gasteiger partial charge is 0.374 e. The number of piperazine rings is 1. The lowest BCUT2D eigenvalue weighted by Crippen LogP contribution is -2.43. The summed E-state index contributed by atoms with van der Waals surface area (Å²) in [7, 11) is 2.13. The number of hydrogen-bond donors (Lipinski definition) is 0. The molecule has 5 nitrogen and oxygen atoms in total. The maximum absolute atomic E-state index is 11.5. The molecule has 0 aliphatic carbocycles. The van der Waals surface area contributed by atoms with Crippen LogP contribution in [0.25, 0.3) is 0 Å². The Kier molecular flexibility index (Phi) is 4.38. The van der Waals surface area contributed by atoms with Crippen LogP contribution in [0.1, 0.15) is 23.2 Å². The van der Waals surface area contributed by atoms with Gasteiger partial charge < -0.3 is 14.1 Å². The van der Waals surface area contributed by atoms with Crippen molar-refractivity contribution in [2.75, 3.05) is 39.8 Å². The molecule has 0 radical (unpaired) electrons. The Bertz CT molecular complexity index is 395. The minimum atomic E-state index is -0.387. The highest BCUT2D eigenvalue weighted by Gasteiger charge is 2.17. The molecule has 1 aliphatic heterocycles. The van der Waals surface area contributed by atoms with Gasteiger partial charge in [-0.25, -0.2) is 4.79 Å². The molecule has 18 heavy (non-hydrogen) atoms. The molecule has 1 fully saturated rings. The Morgan fingerprint density at radius 2 is 2.06 bits per heavy atom. The van der Waals surface area contributed by atoms with Crippen molar-refractivity contribution < 1.29 is 13.9 Å². The van der Waals surface area contributed by atoms with Gasteiger partial charge in [-0.15, -0.1) is 0 Å². The van der Waals surface area contributed by atoms with Crippen molar-refractivity contribution in [2.24, 2.45) is 0 Å². The number of ether oxygens (including phenoxy) is 1. The molecule has 1 aromatic rings. The van der Waals surface area contributed by atoms with E-state index in [1.54, 1.807) is 13.0 Å². The Labute approximate surface area is 107 Å². The van der Waals surface area contributed by atoms with E-state index in [0.717, 1.165) is 38.5 Å². The minimum absolute atomic E-state index is 0.293. The Morgan fingerprint density at radius 3 is 2.72 bits per heavy atom. The fourth-order valence-electron chi connectivity index (χ4n) is 2.00. The van der Waals surface area contributed by atoms with Crippen molar-refractivity contribution in [3.8, 4) is 0 Å². The van der Waals surface area contributed by atoms with Gasteiger partial charge in [0.05, 0.1) is 13.2 Å². The number of carbonyl (C=O) groups excluding carboxylic acids is 1. The van der Waals surface area contributed by atoms with Crippen LogP contribution < -0.4 is 0 Å². The zero-order chi connectivity index (χ0) is 13.0. The lowest BCUT2D eigenvalue weighted by molar-refractivity contribution is 0.0485. The van der Waals surface area contributed by atoms with Gasteiger partial charge in [-0.1, -0.05) is 0 Å². The molecule has 0 aromatic carbocycles. The summed E-state index contributed by atoms with van der Waals surface area (Å²) in [5, 5.41) is 0. The maximum Gasteiger partial charge on any atom is 0.374 e. The van der Waals surface area contributed by atoms with Gasteiger partial charge in [-0.2, -0.15) is 0 Å². The van der Waals surface area contributed by atoms with E-state index < -0.39 is 0 Å². The average Bonchev–Trinajstić information content (AvgIpc) is 2.81. The fraction of sp³-hybridized carbons (Fsp3) is 0.615. The molecule has 0 N–H and O–H groups in total. The number of rotatable bonds is 4. The molecule has 1 saturated heterocycles. The second-order valence-corrected chi connectivity index (χ2v) is 4.57. The third-order valence-electron chi connectivity index (χ3n) is 3.11. The van der Waals surface area contributed by atoms with Crippen LogP contribution in [0.15, 0.2) is 16.5 Å². The minimum Gasteiger partial charge on any atom is -0.460 e. The van der Waals surface area contributed by atoms with E-state index >= 15 is 0 Å². The summed E-state index contributed by atoms with van der Waals surface area (Å²) in [6, 6.07) is 3.54. The highest BCUT2D eigenvalue weighted by molar-refractivity contribution is 5.86. The van der Waals surface area contributed by atoms with Crippen molar-refractivity contribution >= 4 is 5.97 Å². The second kappa shape index (κ2) is 6.02. The SMILES string of the molecule is CCOC(=O)c1ccc(CN2CCN(C)CC2)o1. The molecule has 2 rings (SSSR count). The topological polar surface area (TPSA) is 45.9 Å². The van der Waals surface area contributed by atoms with Crippen LogP contribution >= 0.6 is 0 Å². The molecule has 5 heteroatoms. The average molecular weight is 252 g/mol. The first-order valence-corrected chi connectivity index (χ1v) is 6.35. The van der Waals surface area contributed by atoms with Crippen LogP contribution in [0.5, 0.6) is 0 Å². The molecule has 0 spiro atoms. The summed E-state index contributed by atoms with van der Waals surface area (Å²) in [6.07, 6.45) is 0. The predicted octanol–water partition coefficient (Wildman–Crippen LogP) is 1.20. The Balaban J connectivity index is 1.88. The Morgan fingerprint density at radius 1 is 1.33 bits per heavy atom. The normalized spacial score (nSPS) is 17.9. The fourth-order valence-corrected chi connectivity index (χ4v) is 2.00. The monoisotopic (exact) mass is 252 g/mol. The Hall–Kier alpha value is -1.33. The van der Waals surface area contributed by atoms with Crippen molar-refractivity contribution in [2.45, 2.75) is 13.5 Å². The van der Waals surface area contributed by atoms with Crippen LogP contribution in [0.3, 0.4) is 0 Å². The van der Waals surface area contributed by atoms with Gasteiger partial charge in [0.1, 0.15) is 5.76 Å². The second-order valence-electron chi connectivity index (χ2n) is 4.57. The molecule has 0 atom stereocenters. The first-order chi connectivity index (χ1) is 8.69. The van der Waals surface area contributed by atoms with Gasteiger partial charge in [0.2, 0.25) is 5.76 Å². The third kappa shape index (κ3) is 3.34. The lowest BCUT2D eigenvalue weighted by atomic mass is 10.3. The van der Waals surface area contributed by atoms with Crippen molar-refractivity contribution in [3.05, 3.63) is 23.7 Å². The number of likely N-dealkylation sites (N-methyl/N-ethyl adjacent to an activating group) is 1. The van der Waals surface area contributed by atoms with Gasteiger partial charge in [0.15, 0.2) is 0 Å². The van der Waals surface area contributed by atoms with E-state index in [2.05, 4.69) is 16.8 Å². The standard InChI is InChI=1S/C13H20N2O3/c1-3-17-13(16)12-5-4-11(18-12)10-15-8-6-14(2)7-9-15/h4-5H,3,6-10H2,1-2H3. The maximum atomic E-state index is 11.5. The largest absolute Gasteiger partial charge is 0.460 e. The van der Waals surface area contributed by atoms with Crippen molar-refractivity contribution in [1.82, 2.24) is 9.80 Å². The molecule has 2 heterocycles. The van der Waals surface area contributed by atoms with E-state index in [9.17, 15) is 4.79 Å². The van der Waals surface area contributed by atoms with E-state index in [0.29, 0.717) is 12.4 Å². The molecule has 0 unspecified atom stereocenters. The molecule has 1 aliphatic rings. The molecular formula is C13H20N2O3. The van der Waals surface area contributed by atoms with Gasteiger partial charge in [-0.3, -0.25) is 4.90 Å². The highest BCUT2D eigenvalue weighted by atomic mass is 16.5. The lowest BCUT2D eigenvalue weighted by Gasteiger charge is -2.31. The van der Waals surface area contributed by atoms with E-state index in [4.69, 9.17) is 9.15 Å². The first kappa shape index (κ1) is 13.1. The molecular weight excluding hydrogens is 232 g/mol. The molecule has 1 aromatic heterocycles. The molecule has 0 bridgehead atoms. The van der Waals surface area contributed by atoms with Crippen LogP contribution in [0.4, 0.5) is 0 Å². The zero-order valence-electron chi connectivity index (χ0n) is 11.0. The van der Waals surface area contributed by atoms with Crippen molar-refractivity contribution in [3.63, 3.8) is 0 Å². The van der Waals surface area contributed by atoms with E-state index in [1.165, 1.54) is 0 Å². The number of carbonyl (C=O) groups is 1. The van der Waals surface area contributed by atoms with Crippen LogP contribution in [-0.4, -0.2) is 55.6 Å². The summed E-state index contributed by atoms with van der Waals surface area (Å²) in [5.41, 5.74) is 0. The van der Waals surface area contributed by atoms with Gasteiger partial charge in [-0.05, 0) is 26.1 Å².